The number of carbonyl (C=O) groups excluding carboxylic acids is 1. The number of aliphatic imine (C=N–C) groups is 1. The van der Waals surface area contributed by atoms with Gasteiger partial charge in [0, 0.05) is 37.6 Å². The van der Waals surface area contributed by atoms with Crippen LogP contribution < -0.4 is 15.5 Å². The maximum Gasteiger partial charge on any atom is 0.414 e. The quantitative estimate of drug-likeness (QED) is 0.835. The van der Waals surface area contributed by atoms with Crippen molar-refractivity contribution in [2.24, 2.45) is 10.7 Å². The Hall–Kier alpha value is -2.54. The van der Waals surface area contributed by atoms with Crippen LogP contribution in [0.4, 0.5) is 16.2 Å². The van der Waals surface area contributed by atoms with Crippen LogP contribution in [0, 0.1) is 0 Å². The molecule has 1 aromatic rings. The molecule has 140 valence electrons. The van der Waals surface area contributed by atoms with E-state index in [-0.39, 0.29) is 18.2 Å². The summed E-state index contributed by atoms with van der Waals surface area (Å²) in [4.78, 5) is 20.8. The molecular formula is C19H26N4O3. The van der Waals surface area contributed by atoms with Crippen molar-refractivity contribution in [3.63, 3.8) is 0 Å². The highest BCUT2D eigenvalue weighted by Crippen LogP contribution is 2.37. The van der Waals surface area contributed by atoms with Gasteiger partial charge < -0.3 is 20.1 Å². The van der Waals surface area contributed by atoms with Crippen LogP contribution in [0.15, 0.2) is 29.4 Å². The zero-order chi connectivity index (χ0) is 18.7. The Balaban J connectivity index is 1.94. The molecule has 7 heteroatoms. The summed E-state index contributed by atoms with van der Waals surface area (Å²) < 4.78 is 10.4. The molecule has 1 saturated heterocycles. The van der Waals surface area contributed by atoms with Crippen molar-refractivity contribution in [3.05, 3.63) is 30.0 Å². The number of carbonyl (C=O) groups is 1. The van der Waals surface area contributed by atoms with Gasteiger partial charge in [0.1, 0.15) is 0 Å². The highest BCUT2D eigenvalue weighted by atomic mass is 16.6. The molecule has 1 fully saturated rings. The Morgan fingerprint density at radius 1 is 1.42 bits per heavy atom. The van der Waals surface area contributed by atoms with Crippen LogP contribution in [0.1, 0.15) is 19.4 Å². The first-order valence-corrected chi connectivity index (χ1v) is 8.89. The number of nitrogens with two attached hydrogens (primary N) is 1. The van der Waals surface area contributed by atoms with E-state index in [1.165, 1.54) is 6.20 Å². The normalized spacial score (nSPS) is 20.9. The van der Waals surface area contributed by atoms with Gasteiger partial charge in [-0.3, -0.25) is 9.89 Å². The average Bonchev–Trinajstić information content (AvgIpc) is 2.60. The minimum Gasteiger partial charge on any atom is -0.449 e. The first-order chi connectivity index (χ1) is 12.5. The third-order valence-electron chi connectivity index (χ3n) is 4.80. The van der Waals surface area contributed by atoms with Crippen molar-refractivity contribution in [2.75, 3.05) is 43.2 Å². The van der Waals surface area contributed by atoms with Gasteiger partial charge in [-0.1, -0.05) is 6.07 Å². The Bertz CT molecular complexity index is 727. The predicted molar refractivity (Wildman–Crippen MR) is 104 cm³/mol. The van der Waals surface area contributed by atoms with Gasteiger partial charge in [-0.15, -0.1) is 0 Å². The number of fused-ring (bicyclic) bond motifs is 1. The van der Waals surface area contributed by atoms with E-state index in [1.807, 2.05) is 32.2 Å². The Kier molecular flexibility index (Phi) is 5.46. The highest BCUT2D eigenvalue weighted by molar-refractivity contribution is 6.10. The molecule has 7 nitrogen and oxygen atoms in total. The lowest BCUT2D eigenvalue weighted by atomic mass is 10.0. The molecule has 1 aromatic carbocycles. The van der Waals surface area contributed by atoms with Gasteiger partial charge in [-0.05, 0) is 31.5 Å². The molecule has 0 saturated carbocycles. The maximum absolute atomic E-state index is 12.4. The molecule has 2 aliphatic heterocycles. The fourth-order valence-corrected chi connectivity index (χ4v) is 3.02. The predicted octanol–water partition coefficient (Wildman–Crippen LogP) is 2.26. The third kappa shape index (κ3) is 3.53. The van der Waals surface area contributed by atoms with Crippen LogP contribution in [0.3, 0.4) is 0 Å². The summed E-state index contributed by atoms with van der Waals surface area (Å²) in [6, 6.07) is 6.37. The number of benzene rings is 1. The first-order valence-electron chi connectivity index (χ1n) is 8.89. The largest absolute Gasteiger partial charge is 0.449 e. The lowest BCUT2D eigenvalue weighted by Gasteiger charge is -2.40. The molecule has 26 heavy (non-hydrogen) atoms. The molecule has 2 heterocycles. The Morgan fingerprint density at radius 2 is 2.19 bits per heavy atom. The van der Waals surface area contributed by atoms with E-state index in [1.54, 1.807) is 11.1 Å². The van der Waals surface area contributed by atoms with E-state index in [4.69, 9.17) is 15.2 Å². The van der Waals surface area contributed by atoms with Gasteiger partial charge in [-0.2, -0.15) is 0 Å². The average molecular weight is 358 g/mol. The standard InChI is InChI=1S/C19H26N4O3/c1-4-26-19(24)23-10-13(2)22(3)17-6-5-14(7-18(17)23)15(8-20)9-21-16-11-25-12-16/h5-9,13,16H,4,10-12,20H2,1-3H3. The van der Waals surface area contributed by atoms with Gasteiger partial charge in [-0.25, -0.2) is 4.79 Å². The molecular weight excluding hydrogens is 332 g/mol. The maximum atomic E-state index is 12.4. The number of allylic oxidation sites excluding steroid dienone is 1. The highest BCUT2D eigenvalue weighted by Gasteiger charge is 2.30. The van der Waals surface area contributed by atoms with E-state index in [9.17, 15) is 4.79 Å². The SMILES string of the molecule is CCOC(=O)N1CC(C)N(C)c2ccc(C(C=NC3COC3)=CN)cc21. The fraction of sp³-hybridized carbons (Fsp3) is 0.474. The second kappa shape index (κ2) is 7.78. The summed E-state index contributed by atoms with van der Waals surface area (Å²) in [6.07, 6.45) is 2.98. The minimum atomic E-state index is -0.329. The number of nitrogens with zero attached hydrogens (tertiary/aromatic N) is 3. The minimum absolute atomic E-state index is 0.197. The zero-order valence-electron chi connectivity index (χ0n) is 15.5. The third-order valence-corrected chi connectivity index (χ3v) is 4.80. The van der Waals surface area contributed by atoms with Crippen molar-refractivity contribution >= 4 is 29.3 Å². The van der Waals surface area contributed by atoms with E-state index in [2.05, 4.69) is 16.8 Å². The van der Waals surface area contributed by atoms with Crippen molar-refractivity contribution in [1.29, 1.82) is 0 Å². The molecule has 0 bridgehead atoms. The van der Waals surface area contributed by atoms with Crippen LogP contribution >= 0.6 is 0 Å². The van der Waals surface area contributed by atoms with Crippen molar-refractivity contribution in [3.8, 4) is 0 Å². The fourth-order valence-electron chi connectivity index (χ4n) is 3.02. The molecule has 2 aliphatic rings. The van der Waals surface area contributed by atoms with Crippen LogP contribution in [0.5, 0.6) is 0 Å². The van der Waals surface area contributed by atoms with E-state index >= 15 is 0 Å². The molecule has 2 N–H and O–H groups in total. The van der Waals surface area contributed by atoms with Crippen molar-refractivity contribution in [2.45, 2.75) is 25.9 Å². The topological polar surface area (TPSA) is 80.4 Å². The number of hydrogen-bond acceptors (Lipinski definition) is 6. The molecule has 1 amide bonds. The molecule has 0 spiro atoms. The number of hydrogen-bond donors (Lipinski definition) is 1. The number of amides is 1. The summed E-state index contributed by atoms with van der Waals surface area (Å²) >= 11 is 0. The van der Waals surface area contributed by atoms with E-state index in [0.717, 1.165) is 22.5 Å². The summed E-state index contributed by atoms with van der Waals surface area (Å²) in [5.74, 6) is 0. The Labute approximate surface area is 154 Å². The van der Waals surface area contributed by atoms with Crippen molar-refractivity contribution in [1.82, 2.24) is 0 Å². The van der Waals surface area contributed by atoms with Crippen LogP contribution in [0.25, 0.3) is 5.57 Å². The molecule has 1 unspecified atom stereocenters. The molecule has 3 rings (SSSR count). The molecule has 0 aliphatic carbocycles. The van der Waals surface area contributed by atoms with Crippen LogP contribution in [-0.2, 0) is 9.47 Å². The lowest BCUT2D eigenvalue weighted by molar-refractivity contribution is 0.0136. The van der Waals surface area contributed by atoms with Gasteiger partial charge in [0.2, 0.25) is 0 Å². The smallest absolute Gasteiger partial charge is 0.414 e. The van der Waals surface area contributed by atoms with E-state index in [0.29, 0.717) is 26.4 Å². The van der Waals surface area contributed by atoms with Crippen molar-refractivity contribution < 1.29 is 14.3 Å². The second-order valence-corrected chi connectivity index (χ2v) is 6.56. The summed E-state index contributed by atoms with van der Waals surface area (Å²) in [5.41, 5.74) is 9.35. The number of ether oxygens (including phenoxy) is 2. The summed E-state index contributed by atoms with van der Waals surface area (Å²) in [6.45, 7) is 6.11. The molecule has 0 aromatic heterocycles. The van der Waals surface area contributed by atoms with Gasteiger partial charge in [0.05, 0.1) is 37.2 Å². The number of anilines is 2. The second-order valence-electron chi connectivity index (χ2n) is 6.56. The number of rotatable bonds is 4. The zero-order valence-corrected chi connectivity index (χ0v) is 15.5. The van der Waals surface area contributed by atoms with Gasteiger partial charge in [0.25, 0.3) is 0 Å². The molecule has 0 radical (unpaired) electrons. The summed E-state index contributed by atoms with van der Waals surface area (Å²) in [5, 5.41) is 0. The van der Waals surface area contributed by atoms with E-state index < -0.39 is 0 Å². The van der Waals surface area contributed by atoms with Crippen LogP contribution in [0.2, 0.25) is 0 Å². The lowest BCUT2D eigenvalue weighted by Crippen LogP contribution is -2.48. The molecule has 1 atom stereocenters. The summed E-state index contributed by atoms with van der Waals surface area (Å²) in [7, 11) is 2.03. The first kappa shape index (κ1) is 18.3. The van der Waals surface area contributed by atoms with Gasteiger partial charge in [0.15, 0.2) is 0 Å². The van der Waals surface area contributed by atoms with Crippen LogP contribution in [-0.4, -0.2) is 57.8 Å². The Morgan fingerprint density at radius 3 is 2.81 bits per heavy atom. The van der Waals surface area contributed by atoms with Gasteiger partial charge >= 0.3 is 6.09 Å². The number of likely N-dealkylation sites (N-methyl/N-ethyl adjacent to an activating group) is 1. The monoisotopic (exact) mass is 358 g/mol.